The van der Waals surface area contributed by atoms with Gasteiger partial charge in [-0.3, -0.25) is 9.59 Å². The summed E-state index contributed by atoms with van der Waals surface area (Å²) in [6.07, 6.45) is 1.74. The average molecular weight is 295 g/mol. The quantitative estimate of drug-likeness (QED) is 0.845. The topological polar surface area (TPSA) is 52.7 Å². The highest BCUT2D eigenvalue weighted by Crippen LogP contribution is 2.27. The normalized spacial score (nSPS) is 34.7. The van der Waals surface area contributed by atoms with E-state index in [9.17, 15) is 9.59 Å². The highest BCUT2D eigenvalue weighted by molar-refractivity contribution is 5.99. The molecule has 0 spiro atoms. The largest absolute Gasteiger partial charge is 0.340 e. The van der Waals surface area contributed by atoms with Gasteiger partial charge in [0.1, 0.15) is 11.6 Å². The molecule has 3 atom stereocenters. The Bertz CT molecular complexity index is 424. The number of carbonyl (C=O) groups excluding carboxylic acids is 2. The van der Waals surface area contributed by atoms with Gasteiger partial charge in [-0.25, -0.2) is 0 Å². The van der Waals surface area contributed by atoms with Crippen LogP contribution in [0.4, 0.5) is 0 Å². The summed E-state index contributed by atoms with van der Waals surface area (Å²) in [5.74, 6) is 0.694. The van der Waals surface area contributed by atoms with Crippen LogP contribution < -0.4 is 5.32 Å². The molecule has 0 aromatic carbocycles. The summed E-state index contributed by atoms with van der Waals surface area (Å²) in [5.41, 5.74) is -0.743. The zero-order valence-corrected chi connectivity index (χ0v) is 14.0. The van der Waals surface area contributed by atoms with E-state index in [2.05, 4.69) is 17.3 Å². The summed E-state index contributed by atoms with van der Waals surface area (Å²) in [7, 11) is 2.11. The van der Waals surface area contributed by atoms with E-state index in [1.165, 1.54) is 0 Å². The minimum atomic E-state index is -0.743. The van der Waals surface area contributed by atoms with Crippen LogP contribution in [0.25, 0.3) is 0 Å². The number of rotatable bonds is 4. The van der Waals surface area contributed by atoms with Crippen molar-refractivity contribution in [3.8, 4) is 0 Å². The van der Waals surface area contributed by atoms with Gasteiger partial charge >= 0.3 is 0 Å². The number of nitrogens with zero attached hydrogens (tertiary/aromatic N) is 2. The number of piperazine rings is 1. The zero-order valence-electron chi connectivity index (χ0n) is 14.0. The maximum atomic E-state index is 12.9. The lowest BCUT2D eigenvalue weighted by atomic mass is 9.87. The van der Waals surface area contributed by atoms with Crippen LogP contribution in [0.3, 0.4) is 0 Å². The third kappa shape index (κ3) is 3.07. The Hall–Kier alpha value is -1.10. The minimum absolute atomic E-state index is 0.000279. The molecule has 2 aliphatic heterocycles. The van der Waals surface area contributed by atoms with E-state index in [0.29, 0.717) is 18.9 Å². The van der Waals surface area contributed by atoms with Gasteiger partial charge in [0.15, 0.2) is 0 Å². The Morgan fingerprint density at radius 2 is 2.05 bits per heavy atom. The van der Waals surface area contributed by atoms with Gasteiger partial charge in [0.2, 0.25) is 11.8 Å². The van der Waals surface area contributed by atoms with Crippen molar-refractivity contribution in [1.29, 1.82) is 0 Å². The summed E-state index contributed by atoms with van der Waals surface area (Å²) in [5, 5.41) is 2.95. The van der Waals surface area contributed by atoms with Gasteiger partial charge in [0, 0.05) is 13.1 Å². The molecule has 0 aromatic rings. The van der Waals surface area contributed by atoms with Crippen molar-refractivity contribution in [2.24, 2.45) is 11.8 Å². The second-order valence-corrected chi connectivity index (χ2v) is 7.24. The van der Waals surface area contributed by atoms with Gasteiger partial charge in [-0.15, -0.1) is 0 Å². The van der Waals surface area contributed by atoms with Crippen molar-refractivity contribution in [3.63, 3.8) is 0 Å². The van der Waals surface area contributed by atoms with Crippen molar-refractivity contribution in [1.82, 2.24) is 15.1 Å². The second-order valence-electron chi connectivity index (χ2n) is 7.24. The molecule has 2 saturated heterocycles. The summed E-state index contributed by atoms with van der Waals surface area (Å²) < 4.78 is 0. The smallest absolute Gasteiger partial charge is 0.248 e. The number of nitrogens with one attached hydrogen (secondary N) is 1. The predicted octanol–water partition coefficient (Wildman–Crippen LogP) is 1.09. The molecule has 0 radical (unpaired) electrons. The van der Waals surface area contributed by atoms with E-state index < -0.39 is 5.54 Å². The fourth-order valence-electron chi connectivity index (χ4n) is 3.54. The lowest BCUT2D eigenvalue weighted by Gasteiger charge is -2.46. The number of hydrogen-bond donors (Lipinski definition) is 1. The SMILES string of the molecule is CCC1(C)NC(=O)C(C(C)C)N(CC2CCN(C)C2)C1=O. The van der Waals surface area contributed by atoms with E-state index in [1.807, 2.05) is 32.6 Å². The summed E-state index contributed by atoms with van der Waals surface area (Å²) in [6, 6.07) is -0.331. The number of likely N-dealkylation sites (tertiary alicyclic amines) is 1. The minimum Gasteiger partial charge on any atom is -0.340 e. The molecular formula is C16H29N3O2. The molecule has 2 aliphatic rings. The Morgan fingerprint density at radius 3 is 2.52 bits per heavy atom. The third-order valence-corrected chi connectivity index (χ3v) is 5.02. The maximum Gasteiger partial charge on any atom is 0.248 e. The first kappa shape index (κ1) is 16.3. The third-order valence-electron chi connectivity index (χ3n) is 5.02. The van der Waals surface area contributed by atoms with E-state index in [0.717, 1.165) is 19.5 Å². The number of carbonyl (C=O) groups is 2. The Balaban J connectivity index is 2.22. The fourth-order valence-corrected chi connectivity index (χ4v) is 3.54. The lowest BCUT2D eigenvalue weighted by Crippen LogP contribution is -2.70. The molecule has 2 heterocycles. The second kappa shape index (κ2) is 5.95. The number of hydrogen-bond acceptors (Lipinski definition) is 3. The molecule has 0 saturated carbocycles. The summed E-state index contributed by atoms with van der Waals surface area (Å²) >= 11 is 0. The van der Waals surface area contributed by atoms with E-state index in [-0.39, 0.29) is 23.8 Å². The van der Waals surface area contributed by atoms with E-state index in [1.54, 1.807) is 0 Å². The molecule has 2 rings (SSSR count). The molecule has 3 unspecified atom stereocenters. The van der Waals surface area contributed by atoms with Crippen LogP contribution in [0, 0.1) is 11.8 Å². The van der Waals surface area contributed by atoms with Crippen molar-refractivity contribution in [2.75, 3.05) is 26.7 Å². The van der Waals surface area contributed by atoms with Gasteiger partial charge in [0.05, 0.1) is 0 Å². The van der Waals surface area contributed by atoms with Crippen molar-refractivity contribution >= 4 is 11.8 Å². The highest BCUT2D eigenvalue weighted by Gasteiger charge is 2.48. The van der Waals surface area contributed by atoms with Gasteiger partial charge in [0.25, 0.3) is 0 Å². The Kier molecular flexibility index (Phi) is 4.61. The molecular weight excluding hydrogens is 266 g/mol. The monoisotopic (exact) mass is 295 g/mol. The highest BCUT2D eigenvalue weighted by atomic mass is 16.2. The molecule has 120 valence electrons. The molecule has 2 amide bonds. The maximum absolute atomic E-state index is 12.9. The van der Waals surface area contributed by atoms with Crippen LogP contribution in [0.5, 0.6) is 0 Å². The fraction of sp³-hybridized carbons (Fsp3) is 0.875. The zero-order chi connectivity index (χ0) is 15.8. The first-order chi connectivity index (χ1) is 9.78. The van der Waals surface area contributed by atoms with E-state index >= 15 is 0 Å². The standard InChI is InChI=1S/C16H29N3O2/c1-6-16(4)15(21)19(10-12-7-8-18(5)9-12)13(11(2)3)14(20)17-16/h11-13H,6-10H2,1-5H3,(H,17,20). The number of amides is 2. The van der Waals surface area contributed by atoms with Crippen molar-refractivity contribution < 1.29 is 9.59 Å². The van der Waals surface area contributed by atoms with Crippen LogP contribution in [-0.2, 0) is 9.59 Å². The van der Waals surface area contributed by atoms with Gasteiger partial charge in [-0.2, -0.15) is 0 Å². The molecule has 0 aromatic heterocycles. The Labute approximate surface area is 128 Å². The first-order valence-electron chi connectivity index (χ1n) is 8.10. The molecule has 5 nitrogen and oxygen atoms in total. The van der Waals surface area contributed by atoms with Crippen LogP contribution in [-0.4, -0.2) is 59.9 Å². The molecule has 2 fully saturated rings. The van der Waals surface area contributed by atoms with Crippen LogP contribution >= 0.6 is 0 Å². The van der Waals surface area contributed by atoms with Crippen LogP contribution in [0.1, 0.15) is 40.5 Å². The molecule has 21 heavy (non-hydrogen) atoms. The van der Waals surface area contributed by atoms with E-state index in [4.69, 9.17) is 0 Å². The summed E-state index contributed by atoms with van der Waals surface area (Å²) in [4.78, 5) is 29.5. The van der Waals surface area contributed by atoms with Crippen molar-refractivity contribution in [2.45, 2.75) is 52.1 Å². The molecule has 0 bridgehead atoms. The molecule has 0 aliphatic carbocycles. The van der Waals surface area contributed by atoms with Crippen LogP contribution in [0.15, 0.2) is 0 Å². The van der Waals surface area contributed by atoms with Gasteiger partial charge in [-0.1, -0.05) is 20.8 Å². The van der Waals surface area contributed by atoms with Gasteiger partial charge in [-0.05, 0) is 45.2 Å². The molecule has 5 heteroatoms. The molecule has 1 N–H and O–H groups in total. The van der Waals surface area contributed by atoms with Gasteiger partial charge < -0.3 is 15.1 Å². The first-order valence-corrected chi connectivity index (χ1v) is 8.10. The average Bonchev–Trinajstić information content (AvgIpc) is 2.80. The van der Waals surface area contributed by atoms with Crippen molar-refractivity contribution in [3.05, 3.63) is 0 Å². The Morgan fingerprint density at radius 1 is 1.38 bits per heavy atom. The lowest BCUT2D eigenvalue weighted by molar-refractivity contribution is -0.157. The summed E-state index contributed by atoms with van der Waals surface area (Å²) in [6.45, 7) is 10.6. The predicted molar refractivity (Wildman–Crippen MR) is 82.8 cm³/mol. The van der Waals surface area contributed by atoms with Crippen LogP contribution in [0.2, 0.25) is 0 Å².